The molecule has 2 aromatic rings. The minimum atomic E-state index is -2.92. The molecule has 1 fully saturated rings. The van der Waals surface area contributed by atoms with Crippen molar-refractivity contribution in [1.82, 2.24) is 9.97 Å². The van der Waals surface area contributed by atoms with Gasteiger partial charge in [-0.15, -0.1) is 0 Å². The number of sulfone groups is 1. The number of nitrogens with two attached hydrogens (primary N) is 1. The number of fused-ring (bicyclic) bond motifs is 1. The highest BCUT2D eigenvalue weighted by Gasteiger charge is 2.31. The first-order valence-electron chi connectivity index (χ1n) is 5.60. The van der Waals surface area contributed by atoms with Crippen molar-refractivity contribution in [2.45, 2.75) is 12.3 Å². The van der Waals surface area contributed by atoms with E-state index in [2.05, 4.69) is 9.97 Å². The van der Waals surface area contributed by atoms with Crippen LogP contribution in [0.15, 0.2) is 12.1 Å². The third-order valence-electron chi connectivity index (χ3n) is 3.22. The van der Waals surface area contributed by atoms with Crippen LogP contribution in [0.1, 0.15) is 18.2 Å². The zero-order valence-corrected chi connectivity index (χ0v) is 11.1. The SMILES string of the molecule is Nc1cc(Cl)cc2[nH]c(C3CCS(=O)(=O)C3)nc12. The Morgan fingerprint density at radius 1 is 1.44 bits per heavy atom. The molecule has 18 heavy (non-hydrogen) atoms. The molecule has 1 aliphatic heterocycles. The Kier molecular flexibility index (Phi) is 2.53. The number of hydrogen-bond acceptors (Lipinski definition) is 4. The third-order valence-corrected chi connectivity index (χ3v) is 5.20. The lowest BCUT2D eigenvalue weighted by Crippen LogP contribution is -2.04. The predicted molar refractivity (Wildman–Crippen MR) is 71.5 cm³/mol. The molecule has 0 saturated carbocycles. The first kappa shape index (κ1) is 11.8. The fraction of sp³-hybridized carbons (Fsp3) is 0.364. The van der Waals surface area contributed by atoms with Gasteiger partial charge in [0.25, 0.3) is 0 Å². The van der Waals surface area contributed by atoms with Crippen LogP contribution in [0.4, 0.5) is 5.69 Å². The third kappa shape index (κ3) is 1.95. The number of aromatic amines is 1. The Morgan fingerprint density at radius 3 is 2.89 bits per heavy atom. The second-order valence-electron chi connectivity index (χ2n) is 4.61. The Morgan fingerprint density at radius 2 is 2.22 bits per heavy atom. The molecule has 3 N–H and O–H groups in total. The summed E-state index contributed by atoms with van der Waals surface area (Å²) in [4.78, 5) is 7.51. The molecule has 7 heteroatoms. The number of anilines is 1. The van der Waals surface area contributed by atoms with Gasteiger partial charge in [0.05, 0.1) is 22.7 Å². The summed E-state index contributed by atoms with van der Waals surface area (Å²) in [6.45, 7) is 0. The number of benzene rings is 1. The van der Waals surface area contributed by atoms with Gasteiger partial charge in [-0.2, -0.15) is 0 Å². The number of nitrogens with zero attached hydrogens (tertiary/aromatic N) is 1. The normalized spacial score (nSPS) is 22.6. The van der Waals surface area contributed by atoms with E-state index in [1.165, 1.54) is 0 Å². The van der Waals surface area contributed by atoms with Crippen LogP contribution in [0.3, 0.4) is 0 Å². The van der Waals surface area contributed by atoms with Crippen molar-refractivity contribution in [3.8, 4) is 0 Å². The molecule has 1 atom stereocenters. The van der Waals surface area contributed by atoms with E-state index in [1.807, 2.05) is 0 Å². The molecule has 5 nitrogen and oxygen atoms in total. The molecule has 0 spiro atoms. The number of H-pyrrole nitrogens is 1. The maximum atomic E-state index is 11.5. The number of hydrogen-bond donors (Lipinski definition) is 2. The fourth-order valence-corrected chi connectivity index (χ4v) is 4.31. The number of aromatic nitrogens is 2. The lowest BCUT2D eigenvalue weighted by molar-refractivity contribution is 0.601. The van der Waals surface area contributed by atoms with E-state index < -0.39 is 9.84 Å². The highest BCUT2D eigenvalue weighted by Crippen LogP contribution is 2.31. The standard InChI is InChI=1S/C11H12ClN3O2S/c12-7-3-8(13)10-9(4-7)14-11(15-10)6-1-2-18(16,17)5-6/h3-4,6H,1-2,5,13H2,(H,14,15). The maximum Gasteiger partial charge on any atom is 0.151 e. The molecule has 1 aliphatic rings. The maximum absolute atomic E-state index is 11.5. The van der Waals surface area contributed by atoms with Crippen molar-refractivity contribution in [3.63, 3.8) is 0 Å². The van der Waals surface area contributed by atoms with Crippen molar-refractivity contribution in [2.24, 2.45) is 0 Å². The molecular formula is C11H12ClN3O2S. The van der Waals surface area contributed by atoms with E-state index in [1.54, 1.807) is 12.1 Å². The van der Waals surface area contributed by atoms with Gasteiger partial charge in [0, 0.05) is 10.9 Å². The van der Waals surface area contributed by atoms with E-state index in [0.29, 0.717) is 28.5 Å². The van der Waals surface area contributed by atoms with Gasteiger partial charge in [0.1, 0.15) is 11.3 Å². The molecule has 2 heterocycles. The monoisotopic (exact) mass is 285 g/mol. The Labute approximate surface area is 109 Å². The summed E-state index contributed by atoms with van der Waals surface area (Å²) in [6.07, 6.45) is 0.607. The molecule has 0 radical (unpaired) electrons. The van der Waals surface area contributed by atoms with Gasteiger partial charge in [-0.05, 0) is 18.6 Å². The number of nitrogens with one attached hydrogen (secondary N) is 1. The van der Waals surface area contributed by atoms with Gasteiger partial charge in [0.15, 0.2) is 9.84 Å². The summed E-state index contributed by atoms with van der Waals surface area (Å²) < 4.78 is 22.9. The molecule has 1 unspecified atom stereocenters. The first-order valence-corrected chi connectivity index (χ1v) is 7.79. The minimum absolute atomic E-state index is 0.0689. The lowest BCUT2D eigenvalue weighted by Gasteiger charge is -2.01. The minimum Gasteiger partial charge on any atom is -0.397 e. The first-order chi connectivity index (χ1) is 8.44. The Bertz CT molecular complexity index is 723. The van der Waals surface area contributed by atoms with Crippen molar-refractivity contribution in [3.05, 3.63) is 23.0 Å². The Balaban J connectivity index is 2.07. The molecule has 1 aromatic heterocycles. The zero-order chi connectivity index (χ0) is 12.9. The summed E-state index contributed by atoms with van der Waals surface area (Å²) in [5, 5.41) is 0.536. The van der Waals surface area contributed by atoms with E-state index >= 15 is 0 Å². The van der Waals surface area contributed by atoms with E-state index in [-0.39, 0.29) is 17.4 Å². The topological polar surface area (TPSA) is 88.8 Å². The molecule has 0 bridgehead atoms. The molecule has 3 rings (SSSR count). The molecular weight excluding hydrogens is 274 g/mol. The van der Waals surface area contributed by atoms with Gasteiger partial charge < -0.3 is 10.7 Å². The van der Waals surface area contributed by atoms with Gasteiger partial charge >= 0.3 is 0 Å². The van der Waals surface area contributed by atoms with Crippen molar-refractivity contribution < 1.29 is 8.42 Å². The molecule has 96 valence electrons. The largest absolute Gasteiger partial charge is 0.397 e. The number of imidazole rings is 1. The van der Waals surface area contributed by atoms with Gasteiger partial charge in [-0.1, -0.05) is 11.6 Å². The summed E-state index contributed by atoms with van der Waals surface area (Å²) in [5.41, 5.74) is 7.74. The molecule has 1 aromatic carbocycles. The van der Waals surface area contributed by atoms with Crippen LogP contribution in [0, 0.1) is 0 Å². The van der Waals surface area contributed by atoms with Gasteiger partial charge in [0.2, 0.25) is 0 Å². The summed E-state index contributed by atoms with van der Waals surface area (Å²) >= 11 is 5.91. The van der Waals surface area contributed by atoms with E-state index in [9.17, 15) is 8.42 Å². The van der Waals surface area contributed by atoms with Crippen LogP contribution in [0.5, 0.6) is 0 Å². The van der Waals surface area contributed by atoms with Crippen molar-refractivity contribution in [1.29, 1.82) is 0 Å². The quantitative estimate of drug-likeness (QED) is 0.781. The smallest absolute Gasteiger partial charge is 0.151 e. The molecule has 0 amide bonds. The van der Waals surface area contributed by atoms with Crippen LogP contribution in [0.2, 0.25) is 5.02 Å². The molecule has 1 saturated heterocycles. The van der Waals surface area contributed by atoms with Crippen molar-refractivity contribution >= 4 is 38.2 Å². The molecule has 0 aliphatic carbocycles. The average Bonchev–Trinajstić information content (AvgIpc) is 2.81. The number of halogens is 1. The fourth-order valence-electron chi connectivity index (χ4n) is 2.33. The van der Waals surface area contributed by atoms with Gasteiger partial charge in [-0.25, -0.2) is 13.4 Å². The second-order valence-corrected chi connectivity index (χ2v) is 7.28. The van der Waals surface area contributed by atoms with Crippen LogP contribution < -0.4 is 5.73 Å². The van der Waals surface area contributed by atoms with Crippen LogP contribution in [-0.2, 0) is 9.84 Å². The summed E-state index contributed by atoms with van der Waals surface area (Å²) in [5.74, 6) is 0.992. The summed E-state index contributed by atoms with van der Waals surface area (Å²) in [6, 6.07) is 3.38. The zero-order valence-electron chi connectivity index (χ0n) is 9.48. The van der Waals surface area contributed by atoms with Crippen LogP contribution in [0.25, 0.3) is 11.0 Å². The second kappa shape index (κ2) is 3.86. The van der Waals surface area contributed by atoms with Crippen molar-refractivity contribution in [2.75, 3.05) is 17.2 Å². The number of rotatable bonds is 1. The van der Waals surface area contributed by atoms with E-state index in [4.69, 9.17) is 17.3 Å². The van der Waals surface area contributed by atoms with Crippen LogP contribution in [-0.4, -0.2) is 29.9 Å². The number of nitrogen functional groups attached to an aromatic ring is 1. The van der Waals surface area contributed by atoms with Gasteiger partial charge in [-0.3, -0.25) is 0 Å². The lowest BCUT2D eigenvalue weighted by atomic mass is 10.1. The average molecular weight is 286 g/mol. The summed E-state index contributed by atoms with van der Waals surface area (Å²) in [7, 11) is -2.92. The highest BCUT2D eigenvalue weighted by molar-refractivity contribution is 7.91. The van der Waals surface area contributed by atoms with Crippen LogP contribution >= 0.6 is 11.6 Å². The predicted octanol–water partition coefficient (Wildman–Crippen LogP) is 1.70. The van der Waals surface area contributed by atoms with E-state index in [0.717, 1.165) is 5.52 Å². The Hall–Kier alpha value is -1.27. The highest BCUT2D eigenvalue weighted by atomic mass is 35.5.